The highest BCUT2D eigenvalue weighted by molar-refractivity contribution is 6.76. The minimum Gasteiger partial charge on any atom is -0.379 e. The quantitative estimate of drug-likeness (QED) is 0.420. The van der Waals surface area contributed by atoms with Crippen LogP contribution in [0.1, 0.15) is 0 Å². The van der Waals surface area contributed by atoms with Gasteiger partial charge in [-0.2, -0.15) is 10.4 Å². The maximum atomic E-state index is 8.19. The highest BCUT2D eigenvalue weighted by Gasteiger charge is 2.30. The molecule has 0 aromatic rings. The monoisotopic (exact) mass is 225 g/mol. The van der Waals surface area contributed by atoms with E-state index in [1.54, 1.807) is 0 Å². The zero-order valence-corrected chi connectivity index (χ0v) is 7.78. The van der Waals surface area contributed by atoms with E-state index in [1.807, 2.05) is 0 Å². The van der Waals surface area contributed by atoms with Gasteiger partial charge in [-0.1, -0.05) is 23.2 Å². The summed E-state index contributed by atoms with van der Waals surface area (Å²) < 4.78 is 4.42. The number of hydrazone groups is 1. The maximum Gasteiger partial charge on any atom is 0.307 e. The van der Waals surface area contributed by atoms with Crippen LogP contribution in [0.4, 0.5) is 0 Å². The number of allylic oxidation sites excluding steroid dienone is 1. The number of ether oxygens (including phenoxy) is 1. The van der Waals surface area contributed by atoms with Crippen LogP contribution in [0.5, 0.6) is 0 Å². The van der Waals surface area contributed by atoms with Crippen molar-refractivity contribution in [2.75, 3.05) is 0 Å². The second kappa shape index (κ2) is 3.40. The molecule has 64 valence electrons. The lowest BCUT2D eigenvalue weighted by Gasteiger charge is -2.22. The lowest BCUT2D eigenvalue weighted by molar-refractivity contribution is 0.129. The van der Waals surface area contributed by atoms with E-state index < -0.39 is 5.18 Å². The summed E-state index contributed by atoms with van der Waals surface area (Å²) >= 11 is 16.7. The van der Waals surface area contributed by atoms with Gasteiger partial charge in [-0.3, -0.25) is 5.43 Å². The first-order chi connectivity index (χ1) is 5.57. The highest BCUT2D eigenvalue weighted by Crippen LogP contribution is 2.24. The molecule has 0 aliphatic carbocycles. The molecule has 7 heteroatoms. The van der Waals surface area contributed by atoms with Gasteiger partial charge in [0.15, 0.2) is 5.17 Å². The Morgan fingerprint density at radius 2 is 2.33 bits per heavy atom. The molecule has 0 aromatic carbocycles. The Hall–Kier alpha value is -0.630. The largest absolute Gasteiger partial charge is 0.379 e. The molecule has 0 saturated carbocycles. The number of hydrogen-bond acceptors (Lipinski definition) is 4. The molecule has 1 aliphatic heterocycles. The van der Waals surface area contributed by atoms with Gasteiger partial charge in [0, 0.05) is 6.08 Å². The Bertz CT molecular complexity index is 295. The Morgan fingerprint density at radius 1 is 1.67 bits per heavy atom. The average molecular weight is 226 g/mol. The van der Waals surface area contributed by atoms with Gasteiger partial charge in [-0.25, -0.2) is 0 Å². The van der Waals surface area contributed by atoms with E-state index in [9.17, 15) is 0 Å². The van der Waals surface area contributed by atoms with Crippen molar-refractivity contribution in [2.24, 2.45) is 5.10 Å². The standard InChI is InChI=1S/C5H2Cl3N3O/c6-3-1-5(8,12-2-9)11-10-4(3)7/h1,11H. The minimum atomic E-state index is -1.52. The van der Waals surface area contributed by atoms with Crippen LogP contribution in [-0.2, 0) is 4.74 Å². The lowest BCUT2D eigenvalue weighted by Crippen LogP contribution is -2.39. The fraction of sp³-hybridized carbons (Fsp3) is 0.200. The van der Waals surface area contributed by atoms with Crippen molar-refractivity contribution < 1.29 is 4.74 Å². The van der Waals surface area contributed by atoms with E-state index in [2.05, 4.69) is 15.3 Å². The van der Waals surface area contributed by atoms with Crippen LogP contribution in [0.15, 0.2) is 16.2 Å². The van der Waals surface area contributed by atoms with Gasteiger partial charge in [0.1, 0.15) is 0 Å². The molecule has 1 rings (SSSR count). The van der Waals surface area contributed by atoms with E-state index >= 15 is 0 Å². The van der Waals surface area contributed by atoms with Crippen molar-refractivity contribution in [1.29, 1.82) is 5.26 Å². The Balaban J connectivity index is 2.84. The summed E-state index contributed by atoms with van der Waals surface area (Å²) in [5.41, 5.74) is 2.29. The van der Waals surface area contributed by atoms with Crippen LogP contribution in [-0.4, -0.2) is 10.4 Å². The molecule has 0 saturated heterocycles. The molecule has 0 spiro atoms. The first kappa shape index (κ1) is 9.46. The fourth-order valence-corrected chi connectivity index (χ4v) is 1.09. The number of hydrogen-bond donors (Lipinski definition) is 1. The maximum absolute atomic E-state index is 8.19. The zero-order chi connectivity index (χ0) is 9.19. The molecule has 1 aliphatic rings. The average Bonchev–Trinajstić information content (AvgIpc) is 1.98. The van der Waals surface area contributed by atoms with Gasteiger partial charge in [0.25, 0.3) is 6.26 Å². The molecule has 0 amide bonds. The molecule has 4 nitrogen and oxygen atoms in total. The smallest absolute Gasteiger partial charge is 0.307 e. The molecule has 1 heterocycles. The van der Waals surface area contributed by atoms with Crippen molar-refractivity contribution in [3.05, 3.63) is 11.1 Å². The van der Waals surface area contributed by atoms with Crippen molar-refractivity contribution in [2.45, 2.75) is 5.18 Å². The molecule has 0 radical (unpaired) electrons. The first-order valence-corrected chi connectivity index (χ1v) is 3.86. The summed E-state index contributed by atoms with van der Waals surface area (Å²) in [5.74, 6) is 0. The SMILES string of the molecule is N#COC1(Cl)C=C(Cl)C(Cl)=NN1. The number of rotatable bonds is 1. The molecule has 0 fully saturated rings. The molecule has 1 atom stereocenters. The van der Waals surface area contributed by atoms with E-state index in [1.165, 1.54) is 12.3 Å². The van der Waals surface area contributed by atoms with Crippen molar-refractivity contribution in [1.82, 2.24) is 5.43 Å². The number of halogens is 3. The fourth-order valence-electron chi connectivity index (χ4n) is 0.552. The summed E-state index contributed by atoms with van der Waals surface area (Å²) in [5, 5.41) is 10.4. The van der Waals surface area contributed by atoms with Crippen molar-refractivity contribution in [3.8, 4) is 6.26 Å². The van der Waals surface area contributed by atoms with Crippen LogP contribution >= 0.6 is 34.8 Å². The molecule has 1 unspecified atom stereocenters. The number of nitrogens with one attached hydrogen (secondary N) is 1. The summed E-state index contributed by atoms with van der Waals surface area (Å²) in [7, 11) is 0. The molecule has 12 heavy (non-hydrogen) atoms. The third-order valence-corrected chi connectivity index (χ3v) is 1.95. The van der Waals surface area contributed by atoms with E-state index in [0.717, 1.165) is 0 Å². The summed E-state index contributed by atoms with van der Waals surface area (Å²) in [6.07, 6.45) is 2.63. The van der Waals surface area contributed by atoms with Crippen LogP contribution < -0.4 is 5.43 Å². The second-order valence-corrected chi connectivity index (χ2v) is 3.17. The van der Waals surface area contributed by atoms with Gasteiger partial charge in [0.05, 0.1) is 5.03 Å². The van der Waals surface area contributed by atoms with Gasteiger partial charge >= 0.3 is 5.18 Å². The predicted molar refractivity (Wildman–Crippen MR) is 45.6 cm³/mol. The van der Waals surface area contributed by atoms with Crippen LogP contribution in [0.2, 0.25) is 0 Å². The molecular formula is C5H2Cl3N3O. The lowest BCUT2D eigenvalue weighted by atomic mass is 10.4. The molecule has 1 N–H and O–H groups in total. The van der Waals surface area contributed by atoms with Crippen LogP contribution in [0.25, 0.3) is 0 Å². The summed E-state index contributed by atoms with van der Waals surface area (Å²) in [6, 6.07) is 0. The van der Waals surface area contributed by atoms with Crippen molar-refractivity contribution >= 4 is 40.0 Å². The Labute approximate surface area is 83.3 Å². The summed E-state index contributed by atoms with van der Waals surface area (Å²) in [6.45, 7) is 0. The van der Waals surface area contributed by atoms with Gasteiger partial charge in [-0.15, -0.1) is 0 Å². The number of nitriles is 1. The van der Waals surface area contributed by atoms with E-state index in [4.69, 9.17) is 40.1 Å². The predicted octanol–water partition coefficient (Wildman–Crippen LogP) is 1.65. The van der Waals surface area contributed by atoms with E-state index in [-0.39, 0.29) is 10.2 Å². The second-order valence-electron chi connectivity index (χ2n) is 1.85. The molecule has 0 aromatic heterocycles. The Kier molecular flexibility index (Phi) is 2.68. The molecular weight excluding hydrogens is 224 g/mol. The third-order valence-electron chi connectivity index (χ3n) is 1.01. The van der Waals surface area contributed by atoms with Crippen LogP contribution in [0.3, 0.4) is 0 Å². The minimum absolute atomic E-state index is 0.0643. The summed E-state index contributed by atoms with van der Waals surface area (Å²) in [4.78, 5) is 0. The first-order valence-electron chi connectivity index (χ1n) is 2.72. The topological polar surface area (TPSA) is 57.4 Å². The highest BCUT2D eigenvalue weighted by atomic mass is 35.5. The van der Waals surface area contributed by atoms with Crippen molar-refractivity contribution in [3.63, 3.8) is 0 Å². The normalized spacial score (nSPS) is 27.8. The molecule has 0 bridgehead atoms. The van der Waals surface area contributed by atoms with Gasteiger partial charge in [-0.05, 0) is 11.6 Å². The number of alkyl halides is 1. The Morgan fingerprint density at radius 3 is 2.83 bits per heavy atom. The van der Waals surface area contributed by atoms with E-state index in [0.29, 0.717) is 0 Å². The van der Waals surface area contributed by atoms with Crippen LogP contribution in [0, 0.1) is 11.5 Å². The van der Waals surface area contributed by atoms with Gasteiger partial charge < -0.3 is 4.74 Å². The number of nitrogens with zero attached hydrogens (tertiary/aromatic N) is 2. The third kappa shape index (κ3) is 1.95. The van der Waals surface area contributed by atoms with Gasteiger partial charge in [0.2, 0.25) is 0 Å². The zero-order valence-electron chi connectivity index (χ0n) is 5.51.